The normalized spacial score (nSPS) is 29.1. The maximum Gasteiger partial charge on any atom is 0.322 e. The van der Waals surface area contributed by atoms with Crippen molar-refractivity contribution in [2.75, 3.05) is 13.1 Å². The summed E-state index contributed by atoms with van der Waals surface area (Å²) in [5.41, 5.74) is 0.814. The molecule has 2 heterocycles. The summed E-state index contributed by atoms with van der Waals surface area (Å²) in [4.78, 5) is 25.4. The van der Waals surface area contributed by atoms with E-state index in [9.17, 15) is 9.59 Å². The first-order valence-electron chi connectivity index (χ1n) is 6.00. The monoisotopic (exact) mass is 233 g/mol. The molecule has 0 radical (unpaired) electrons. The first-order chi connectivity index (χ1) is 8.27. The standard InChI is InChI=1S/C12H15N3O2/c16-10-3-1-2-9-11(10)14-12(17)15(9)8-4-6-13-7-5-8/h1-3,8,11,13H,4-7H2,(H,14,17). The number of hydrogen-bond acceptors (Lipinski definition) is 3. The lowest BCUT2D eigenvalue weighted by molar-refractivity contribution is -0.115. The largest absolute Gasteiger partial charge is 0.322 e. The van der Waals surface area contributed by atoms with Crippen LogP contribution in [0.2, 0.25) is 0 Å². The second-order valence-corrected chi connectivity index (χ2v) is 4.59. The van der Waals surface area contributed by atoms with Crippen molar-refractivity contribution < 1.29 is 9.59 Å². The van der Waals surface area contributed by atoms with Crippen LogP contribution in [0, 0.1) is 0 Å². The average molecular weight is 233 g/mol. The maximum atomic E-state index is 12.0. The Morgan fingerprint density at radius 2 is 2.00 bits per heavy atom. The fourth-order valence-corrected chi connectivity index (χ4v) is 2.70. The number of allylic oxidation sites excluding steroid dienone is 2. The Bertz CT molecular complexity index is 421. The fraction of sp³-hybridized carbons (Fsp3) is 0.500. The minimum Gasteiger partial charge on any atom is -0.322 e. The van der Waals surface area contributed by atoms with Gasteiger partial charge in [-0.25, -0.2) is 4.79 Å². The maximum absolute atomic E-state index is 12.0. The predicted molar refractivity (Wildman–Crippen MR) is 62.3 cm³/mol. The number of nitrogens with zero attached hydrogens (tertiary/aromatic N) is 1. The summed E-state index contributed by atoms with van der Waals surface area (Å²) in [5, 5.41) is 6.03. The molecule has 0 spiro atoms. The smallest absolute Gasteiger partial charge is 0.322 e. The second-order valence-electron chi connectivity index (χ2n) is 4.59. The van der Waals surface area contributed by atoms with Crippen molar-refractivity contribution in [2.24, 2.45) is 0 Å². The number of carbonyl (C=O) groups excluding carboxylic acids is 2. The molecule has 0 saturated carbocycles. The highest BCUT2D eigenvalue weighted by Crippen LogP contribution is 2.27. The van der Waals surface area contributed by atoms with Gasteiger partial charge in [-0.15, -0.1) is 0 Å². The van der Waals surface area contributed by atoms with Gasteiger partial charge in [0, 0.05) is 6.04 Å². The zero-order valence-corrected chi connectivity index (χ0v) is 9.48. The summed E-state index contributed by atoms with van der Waals surface area (Å²) in [5.74, 6) is -0.0349. The Hall–Kier alpha value is -1.62. The van der Waals surface area contributed by atoms with E-state index in [0.29, 0.717) is 0 Å². The van der Waals surface area contributed by atoms with Gasteiger partial charge in [-0.1, -0.05) is 6.08 Å². The third-order valence-corrected chi connectivity index (χ3v) is 3.55. The summed E-state index contributed by atoms with van der Waals surface area (Å²) >= 11 is 0. The molecule has 0 aromatic rings. The molecule has 5 heteroatoms. The molecule has 0 aromatic heterocycles. The molecule has 2 saturated heterocycles. The number of piperidine rings is 1. The van der Waals surface area contributed by atoms with Gasteiger partial charge in [-0.05, 0) is 38.1 Å². The number of carbonyl (C=O) groups is 2. The van der Waals surface area contributed by atoms with Crippen molar-refractivity contribution in [1.29, 1.82) is 0 Å². The molecule has 2 fully saturated rings. The van der Waals surface area contributed by atoms with Gasteiger partial charge >= 0.3 is 6.03 Å². The average Bonchev–Trinajstić information content (AvgIpc) is 2.68. The Morgan fingerprint density at radius 1 is 1.24 bits per heavy atom. The number of nitrogens with one attached hydrogen (secondary N) is 2. The van der Waals surface area contributed by atoms with E-state index < -0.39 is 6.04 Å². The van der Waals surface area contributed by atoms with Gasteiger partial charge in [0.15, 0.2) is 5.78 Å². The first kappa shape index (κ1) is 10.5. The zero-order valence-electron chi connectivity index (χ0n) is 9.48. The van der Waals surface area contributed by atoms with Gasteiger partial charge in [0.25, 0.3) is 0 Å². The van der Waals surface area contributed by atoms with Crippen LogP contribution in [-0.2, 0) is 4.79 Å². The van der Waals surface area contributed by atoms with Crippen molar-refractivity contribution in [1.82, 2.24) is 15.5 Å². The lowest BCUT2D eigenvalue weighted by Gasteiger charge is -2.32. The molecular formula is C12H15N3O2. The first-order valence-corrected chi connectivity index (χ1v) is 6.00. The zero-order chi connectivity index (χ0) is 11.8. The van der Waals surface area contributed by atoms with E-state index in [2.05, 4.69) is 10.6 Å². The number of hydrogen-bond donors (Lipinski definition) is 2. The molecule has 1 aliphatic carbocycles. The summed E-state index contributed by atoms with van der Waals surface area (Å²) in [6, 6.07) is -0.376. The summed E-state index contributed by atoms with van der Waals surface area (Å²) in [6.07, 6.45) is 6.99. The minimum absolute atomic E-state index is 0.0349. The molecule has 2 N–H and O–H groups in total. The lowest BCUT2D eigenvalue weighted by atomic mass is 10.0. The van der Waals surface area contributed by atoms with Gasteiger partial charge in [-0.3, -0.25) is 9.69 Å². The molecule has 3 rings (SSSR count). The number of fused-ring (bicyclic) bond motifs is 1. The van der Waals surface area contributed by atoms with Crippen LogP contribution in [0.15, 0.2) is 23.9 Å². The molecule has 0 aromatic carbocycles. The van der Waals surface area contributed by atoms with Crippen molar-refractivity contribution >= 4 is 11.8 Å². The van der Waals surface area contributed by atoms with Crippen molar-refractivity contribution in [3.05, 3.63) is 23.9 Å². The van der Waals surface area contributed by atoms with Crippen molar-refractivity contribution in [2.45, 2.75) is 24.9 Å². The van der Waals surface area contributed by atoms with Gasteiger partial charge in [0.1, 0.15) is 6.04 Å². The molecule has 3 aliphatic rings. The van der Waals surface area contributed by atoms with Gasteiger partial charge in [0.2, 0.25) is 0 Å². The Balaban J connectivity index is 1.88. The van der Waals surface area contributed by atoms with E-state index in [1.165, 1.54) is 6.08 Å². The summed E-state index contributed by atoms with van der Waals surface area (Å²) in [7, 11) is 0. The molecule has 17 heavy (non-hydrogen) atoms. The second kappa shape index (κ2) is 4.00. The number of ketones is 1. The van der Waals surface area contributed by atoms with E-state index in [-0.39, 0.29) is 17.9 Å². The molecule has 0 bridgehead atoms. The van der Waals surface area contributed by atoms with Crippen LogP contribution in [0.25, 0.3) is 0 Å². The predicted octanol–water partition coefficient (Wildman–Crippen LogP) is 0.155. The van der Waals surface area contributed by atoms with Crippen LogP contribution in [0.5, 0.6) is 0 Å². The minimum atomic E-state index is -0.456. The SMILES string of the molecule is O=C1C=CC=C2C1NC(=O)N2C1CCNCC1. The van der Waals surface area contributed by atoms with Crippen molar-refractivity contribution in [3.8, 4) is 0 Å². The lowest BCUT2D eigenvalue weighted by Crippen LogP contribution is -2.43. The molecule has 5 nitrogen and oxygen atoms in total. The number of urea groups is 1. The van der Waals surface area contributed by atoms with E-state index in [1.807, 2.05) is 6.08 Å². The molecule has 2 amide bonds. The highest BCUT2D eigenvalue weighted by molar-refractivity contribution is 6.03. The van der Waals surface area contributed by atoms with Crippen LogP contribution in [0.1, 0.15) is 12.8 Å². The summed E-state index contributed by atoms with van der Waals surface area (Å²) < 4.78 is 0. The topological polar surface area (TPSA) is 61.4 Å². The van der Waals surface area contributed by atoms with Crippen molar-refractivity contribution in [3.63, 3.8) is 0 Å². The number of amides is 2. The van der Waals surface area contributed by atoms with Gasteiger partial charge < -0.3 is 10.6 Å². The van der Waals surface area contributed by atoms with Crippen LogP contribution < -0.4 is 10.6 Å². The van der Waals surface area contributed by atoms with Crippen LogP contribution >= 0.6 is 0 Å². The molecular weight excluding hydrogens is 218 g/mol. The number of rotatable bonds is 1. The van der Waals surface area contributed by atoms with E-state index in [1.54, 1.807) is 11.0 Å². The Labute approximate surface area is 99.5 Å². The highest BCUT2D eigenvalue weighted by atomic mass is 16.2. The van der Waals surface area contributed by atoms with E-state index in [0.717, 1.165) is 31.6 Å². The highest BCUT2D eigenvalue weighted by Gasteiger charge is 2.42. The van der Waals surface area contributed by atoms with Crippen LogP contribution in [0.3, 0.4) is 0 Å². The summed E-state index contributed by atoms with van der Waals surface area (Å²) in [6.45, 7) is 1.85. The molecule has 1 unspecified atom stereocenters. The molecule has 2 aliphatic heterocycles. The third kappa shape index (κ3) is 1.67. The third-order valence-electron chi connectivity index (χ3n) is 3.55. The van der Waals surface area contributed by atoms with Crippen LogP contribution in [0.4, 0.5) is 4.79 Å². The Morgan fingerprint density at radius 3 is 2.76 bits per heavy atom. The quantitative estimate of drug-likeness (QED) is 0.678. The van der Waals surface area contributed by atoms with Gasteiger partial charge in [0.05, 0.1) is 5.70 Å². The van der Waals surface area contributed by atoms with Gasteiger partial charge in [-0.2, -0.15) is 0 Å². The fourth-order valence-electron chi connectivity index (χ4n) is 2.70. The molecule has 90 valence electrons. The Kier molecular flexibility index (Phi) is 2.48. The van der Waals surface area contributed by atoms with Crippen LogP contribution in [-0.4, -0.2) is 41.9 Å². The molecule has 1 atom stereocenters. The van der Waals surface area contributed by atoms with E-state index in [4.69, 9.17) is 0 Å². The van der Waals surface area contributed by atoms with E-state index >= 15 is 0 Å².